The number of nitrogens with zero attached hydrogens (tertiary/aromatic N) is 5. The molecule has 0 bridgehead atoms. The molecule has 0 radical (unpaired) electrons. The van der Waals surface area contributed by atoms with E-state index in [1.54, 1.807) is 12.1 Å². The molecule has 0 spiro atoms. The third kappa shape index (κ3) is 4.64. The minimum Gasteiger partial charge on any atom is -0.309 e. The van der Waals surface area contributed by atoms with Crippen molar-refractivity contribution in [2.24, 2.45) is 0 Å². The molecule has 3 aromatic rings. The largest absolute Gasteiger partial charge is 0.309 e. The topological polar surface area (TPSA) is 63.9 Å². The fraction of sp³-hybridized carbons (Fsp3) is 0.333. The Hall–Kier alpha value is -2.74. The van der Waals surface area contributed by atoms with E-state index >= 15 is 0 Å². The first-order chi connectivity index (χ1) is 14.2. The minimum atomic E-state index is -0.363. The lowest BCUT2D eigenvalue weighted by Gasteiger charge is -2.34. The molecule has 2 aromatic carbocycles. The van der Waals surface area contributed by atoms with Gasteiger partial charge in [-0.1, -0.05) is 55.3 Å². The SMILES string of the molecule is O=C(CSc1nnnn1-c1cccc(F)c1)N(c1ccccc1)C1CCCCC1. The predicted molar refractivity (Wildman–Crippen MR) is 111 cm³/mol. The van der Waals surface area contributed by atoms with Gasteiger partial charge in [0.05, 0.1) is 11.4 Å². The lowest BCUT2D eigenvalue weighted by molar-refractivity contribution is -0.116. The summed E-state index contributed by atoms with van der Waals surface area (Å²) in [5, 5.41) is 12.1. The van der Waals surface area contributed by atoms with Crippen molar-refractivity contribution in [3.63, 3.8) is 0 Å². The zero-order valence-electron chi connectivity index (χ0n) is 15.9. The van der Waals surface area contributed by atoms with E-state index in [1.807, 2.05) is 35.2 Å². The molecule has 1 aliphatic rings. The second kappa shape index (κ2) is 9.17. The minimum absolute atomic E-state index is 0.0295. The number of rotatable bonds is 6. The van der Waals surface area contributed by atoms with Gasteiger partial charge in [-0.25, -0.2) is 4.39 Å². The summed E-state index contributed by atoms with van der Waals surface area (Å²) in [6.07, 6.45) is 5.56. The van der Waals surface area contributed by atoms with Crippen LogP contribution in [-0.4, -0.2) is 37.9 Å². The van der Waals surface area contributed by atoms with Gasteiger partial charge in [-0.3, -0.25) is 4.79 Å². The van der Waals surface area contributed by atoms with Crippen molar-refractivity contribution < 1.29 is 9.18 Å². The lowest BCUT2D eigenvalue weighted by Crippen LogP contribution is -2.42. The number of anilines is 1. The molecule has 1 saturated carbocycles. The maximum Gasteiger partial charge on any atom is 0.237 e. The highest BCUT2D eigenvalue weighted by molar-refractivity contribution is 7.99. The van der Waals surface area contributed by atoms with Gasteiger partial charge in [0.1, 0.15) is 5.82 Å². The summed E-state index contributed by atoms with van der Waals surface area (Å²) < 4.78 is 15.0. The van der Waals surface area contributed by atoms with E-state index in [0.29, 0.717) is 10.8 Å². The zero-order chi connectivity index (χ0) is 20.1. The van der Waals surface area contributed by atoms with Crippen molar-refractivity contribution in [2.75, 3.05) is 10.7 Å². The Balaban J connectivity index is 1.51. The van der Waals surface area contributed by atoms with Crippen molar-refractivity contribution >= 4 is 23.4 Å². The molecule has 0 atom stereocenters. The molecule has 0 aliphatic heterocycles. The molecule has 8 heteroatoms. The number of carbonyl (C=O) groups excluding carboxylic acids is 1. The van der Waals surface area contributed by atoms with Crippen LogP contribution in [0.2, 0.25) is 0 Å². The Morgan fingerprint density at radius 2 is 1.90 bits per heavy atom. The van der Waals surface area contributed by atoms with E-state index in [2.05, 4.69) is 15.5 Å². The summed E-state index contributed by atoms with van der Waals surface area (Å²) in [5.74, 6) is -0.124. The van der Waals surface area contributed by atoms with Crippen molar-refractivity contribution in [1.82, 2.24) is 20.2 Å². The molecule has 0 unspecified atom stereocenters. The van der Waals surface area contributed by atoms with Gasteiger partial charge >= 0.3 is 0 Å². The quantitative estimate of drug-likeness (QED) is 0.567. The molecule has 1 heterocycles. The highest BCUT2D eigenvalue weighted by atomic mass is 32.2. The van der Waals surface area contributed by atoms with Crippen molar-refractivity contribution in [1.29, 1.82) is 0 Å². The predicted octanol–water partition coefficient (Wildman–Crippen LogP) is 4.26. The van der Waals surface area contributed by atoms with E-state index in [1.165, 1.54) is 35.0 Å². The van der Waals surface area contributed by atoms with Crippen LogP contribution in [0.15, 0.2) is 59.8 Å². The Morgan fingerprint density at radius 1 is 1.10 bits per heavy atom. The summed E-state index contributed by atoms with van der Waals surface area (Å²) in [6.45, 7) is 0. The van der Waals surface area contributed by atoms with Gasteiger partial charge in [0.25, 0.3) is 0 Å². The summed E-state index contributed by atoms with van der Waals surface area (Å²) >= 11 is 1.26. The number of thioether (sulfide) groups is 1. The number of halogens is 1. The number of hydrogen-bond acceptors (Lipinski definition) is 5. The van der Waals surface area contributed by atoms with Gasteiger partial charge in [-0.15, -0.1) is 5.10 Å². The standard InChI is InChI=1S/C21H22FN5OS/c22-16-8-7-13-19(14-16)27-21(23-24-25-27)29-15-20(28)26(17-9-3-1-4-10-17)18-11-5-2-6-12-18/h1,3-4,7-10,13-14,18H,2,5-6,11-12,15H2. The van der Waals surface area contributed by atoms with Crippen molar-refractivity contribution in [3.8, 4) is 5.69 Å². The number of hydrogen-bond donors (Lipinski definition) is 0. The number of amides is 1. The average molecular weight is 412 g/mol. The second-order valence-corrected chi connectivity index (χ2v) is 7.98. The van der Waals surface area contributed by atoms with Crippen LogP contribution in [0.1, 0.15) is 32.1 Å². The van der Waals surface area contributed by atoms with Crippen molar-refractivity contribution in [2.45, 2.75) is 43.3 Å². The fourth-order valence-electron chi connectivity index (χ4n) is 3.72. The molecule has 0 saturated heterocycles. The summed E-state index contributed by atoms with van der Waals surface area (Å²) in [6, 6.07) is 16.1. The molecule has 1 amide bonds. The molecule has 29 heavy (non-hydrogen) atoms. The van der Waals surface area contributed by atoms with Crippen molar-refractivity contribution in [3.05, 3.63) is 60.4 Å². The number of aromatic nitrogens is 4. The molecule has 150 valence electrons. The molecule has 0 N–H and O–H groups in total. The van der Waals surface area contributed by atoms with Crippen LogP contribution in [0.25, 0.3) is 5.69 Å². The lowest BCUT2D eigenvalue weighted by atomic mass is 9.93. The third-order valence-corrected chi connectivity index (χ3v) is 5.97. The van der Waals surface area contributed by atoms with E-state index in [9.17, 15) is 9.18 Å². The van der Waals surface area contributed by atoms with Crippen LogP contribution < -0.4 is 4.90 Å². The van der Waals surface area contributed by atoms with E-state index < -0.39 is 0 Å². The number of benzene rings is 2. The van der Waals surface area contributed by atoms with Gasteiger partial charge in [0.2, 0.25) is 11.1 Å². The Labute approximate surface area is 173 Å². The first-order valence-corrected chi connectivity index (χ1v) is 10.7. The molecular formula is C21H22FN5OS. The van der Waals surface area contributed by atoms with Gasteiger partial charge in [0, 0.05) is 11.7 Å². The summed E-state index contributed by atoms with van der Waals surface area (Å²) in [4.78, 5) is 15.1. The van der Waals surface area contributed by atoms with Crippen LogP contribution in [0.4, 0.5) is 10.1 Å². The normalized spacial score (nSPS) is 14.7. The highest BCUT2D eigenvalue weighted by Gasteiger charge is 2.27. The van der Waals surface area contributed by atoms with E-state index in [4.69, 9.17) is 0 Å². The maximum atomic E-state index is 13.6. The zero-order valence-corrected chi connectivity index (χ0v) is 16.8. The van der Waals surface area contributed by atoms with Crippen LogP contribution >= 0.6 is 11.8 Å². The monoisotopic (exact) mass is 411 g/mol. The Morgan fingerprint density at radius 3 is 2.66 bits per heavy atom. The first-order valence-electron chi connectivity index (χ1n) is 9.76. The highest BCUT2D eigenvalue weighted by Crippen LogP contribution is 2.29. The average Bonchev–Trinajstić information content (AvgIpc) is 3.23. The van der Waals surface area contributed by atoms with Crippen LogP contribution in [0.3, 0.4) is 0 Å². The molecule has 1 aromatic heterocycles. The third-order valence-electron chi connectivity index (χ3n) is 5.06. The number of para-hydroxylation sites is 1. The second-order valence-electron chi connectivity index (χ2n) is 7.03. The van der Waals surface area contributed by atoms with Gasteiger partial charge in [0.15, 0.2) is 0 Å². The molecule has 4 rings (SSSR count). The molecular weight excluding hydrogens is 389 g/mol. The van der Waals surface area contributed by atoms with Gasteiger partial charge in [-0.2, -0.15) is 4.68 Å². The van der Waals surface area contributed by atoms with Gasteiger partial charge < -0.3 is 4.90 Å². The van der Waals surface area contributed by atoms with Crippen LogP contribution in [0, 0.1) is 5.82 Å². The summed E-state index contributed by atoms with van der Waals surface area (Å²) in [7, 11) is 0. The van der Waals surface area contributed by atoms with E-state index in [0.717, 1.165) is 31.4 Å². The summed E-state index contributed by atoms with van der Waals surface area (Å²) in [5.41, 5.74) is 1.45. The fourth-order valence-corrected chi connectivity index (χ4v) is 4.47. The van der Waals surface area contributed by atoms with Gasteiger partial charge in [-0.05, 0) is 53.6 Å². The molecule has 6 nitrogen and oxygen atoms in total. The smallest absolute Gasteiger partial charge is 0.237 e. The molecule has 1 fully saturated rings. The first kappa shape index (κ1) is 19.6. The Bertz CT molecular complexity index is 958. The Kier molecular flexibility index (Phi) is 6.19. The van der Waals surface area contributed by atoms with E-state index in [-0.39, 0.29) is 23.5 Å². The number of tetrazole rings is 1. The maximum absolute atomic E-state index is 13.6. The van der Waals surface area contributed by atoms with Crippen LogP contribution in [-0.2, 0) is 4.79 Å². The molecule has 1 aliphatic carbocycles. The number of carbonyl (C=O) groups is 1. The van der Waals surface area contributed by atoms with Crippen LogP contribution in [0.5, 0.6) is 0 Å².